The molecule has 8 heteroatoms. The molecule has 4 rings (SSSR count). The van der Waals surface area contributed by atoms with E-state index < -0.39 is 0 Å². The van der Waals surface area contributed by atoms with Crippen molar-refractivity contribution in [1.29, 1.82) is 0 Å². The number of hydrogen-bond acceptors (Lipinski definition) is 3. The van der Waals surface area contributed by atoms with E-state index in [0.29, 0.717) is 30.0 Å². The summed E-state index contributed by atoms with van der Waals surface area (Å²) in [6.45, 7) is 1.04. The molecule has 148 valence electrons. The second kappa shape index (κ2) is 8.32. The van der Waals surface area contributed by atoms with Gasteiger partial charge in [-0.3, -0.25) is 9.36 Å². The maximum atomic E-state index is 12.9. The maximum absolute atomic E-state index is 12.9. The number of nitrogens with one attached hydrogen (secondary N) is 3. The van der Waals surface area contributed by atoms with Gasteiger partial charge in [-0.15, -0.1) is 0 Å². The highest BCUT2D eigenvalue weighted by Crippen LogP contribution is 2.16. The number of anilines is 1. The Kier molecular flexibility index (Phi) is 5.44. The van der Waals surface area contributed by atoms with Crippen molar-refractivity contribution >= 4 is 29.8 Å². The number of aromatic nitrogens is 2. The van der Waals surface area contributed by atoms with Crippen molar-refractivity contribution in [3.05, 3.63) is 77.3 Å². The van der Waals surface area contributed by atoms with Crippen LogP contribution < -0.4 is 10.6 Å². The van der Waals surface area contributed by atoms with Crippen molar-refractivity contribution in [2.24, 2.45) is 0 Å². The van der Waals surface area contributed by atoms with E-state index in [1.54, 1.807) is 15.7 Å². The van der Waals surface area contributed by atoms with Crippen LogP contribution in [0.2, 0.25) is 0 Å². The summed E-state index contributed by atoms with van der Waals surface area (Å²) in [6, 6.07) is 18.5. The number of carbonyl (C=O) groups excluding carboxylic acids is 2. The molecule has 0 saturated carbocycles. The Morgan fingerprint density at radius 3 is 2.45 bits per heavy atom. The molecule has 1 aliphatic heterocycles. The molecule has 1 atom stereocenters. The molecule has 0 radical (unpaired) electrons. The molecular weight excluding hydrogens is 386 g/mol. The third-order valence-electron chi connectivity index (χ3n) is 4.86. The Hall–Kier alpha value is -3.39. The molecule has 0 spiro atoms. The molecule has 3 amide bonds. The zero-order chi connectivity index (χ0) is 20.2. The topological polar surface area (TPSA) is 82.2 Å². The van der Waals surface area contributed by atoms with Crippen LogP contribution in [0.5, 0.6) is 0 Å². The van der Waals surface area contributed by atoms with Crippen LogP contribution in [0.3, 0.4) is 0 Å². The van der Waals surface area contributed by atoms with E-state index in [1.165, 1.54) is 0 Å². The summed E-state index contributed by atoms with van der Waals surface area (Å²) in [4.78, 5) is 29.9. The summed E-state index contributed by atoms with van der Waals surface area (Å²) >= 11 is 5.34. The molecule has 0 bridgehead atoms. The lowest BCUT2D eigenvalue weighted by Gasteiger charge is -2.18. The van der Waals surface area contributed by atoms with Crippen molar-refractivity contribution in [2.75, 3.05) is 18.4 Å². The van der Waals surface area contributed by atoms with Crippen LogP contribution in [0.15, 0.2) is 66.9 Å². The molecule has 29 heavy (non-hydrogen) atoms. The van der Waals surface area contributed by atoms with E-state index in [4.69, 9.17) is 12.2 Å². The van der Waals surface area contributed by atoms with E-state index >= 15 is 0 Å². The summed E-state index contributed by atoms with van der Waals surface area (Å²) in [5.74, 6) is -0.225. The number of carbonyl (C=O) groups is 2. The molecule has 7 nitrogen and oxygen atoms in total. The molecule has 1 saturated heterocycles. The Labute approximate surface area is 173 Å². The first kappa shape index (κ1) is 18.9. The Bertz CT molecular complexity index is 1060. The van der Waals surface area contributed by atoms with Gasteiger partial charge >= 0.3 is 6.03 Å². The molecule has 2 heterocycles. The highest BCUT2D eigenvalue weighted by atomic mass is 32.1. The van der Waals surface area contributed by atoms with Crippen LogP contribution in [0.4, 0.5) is 10.5 Å². The van der Waals surface area contributed by atoms with Crippen molar-refractivity contribution in [1.82, 2.24) is 19.8 Å². The van der Waals surface area contributed by atoms with E-state index in [2.05, 4.69) is 15.6 Å². The molecule has 1 unspecified atom stereocenters. The quantitative estimate of drug-likeness (QED) is 0.578. The van der Waals surface area contributed by atoms with Gasteiger partial charge in [-0.1, -0.05) is 36.4 Å². The van der Waals surface area contributed by atoms with Gasteiger partial charge < -0.3 is 20.5 Å². The lowest BCUT2D eigenvalue weighted by atomic mass is 10.2. The monoisotopic (exact) mass is 407 g/mol. The van der Waals surface area contributed by atoms with Crippen molar-refractivity contribution in [2.45, 2.75) is 12.5 Å². The number of benzene rings is 2. The van der Waals surface area contributed by atoms with E-state index in [9.17, 15) is 9.59 Å². The summed E-state index contributed by atoms with van der Waals surface area (Å²) in [5, 5.41) is 5.89. The van der Waals surface area contributed by atoms with Crippen molar-refractivity contribution < 1.29 is 9.59 Å². The first-order valence-electron chi connectivity index (χ1n) is 9.39. The molecule has 1 aromatic heterocycles. The average molecular weight is 407 g/mol. The standard InChI is InChI=1S/C21H21N5O2S/c27-19(18-13-22-21(29)26(18)17-9-5-2-6-10-17)23-16-11-12-25(14-16)20(28)24-15-7-3-1-4-8-15/h1-10,13,16H,11-12,14H2,(H,22,29)(H,23,27)(H,24,28). The smallest absolute Gasteiger partial charge is 0.321 e. The van der Waals surface area contributed by atoms with Crippen LogP contribution in [0.1, 0.15) is 16.9 Å². The van der Waals surface area contributed by atoms with Crippen LogP contribution in [-0.2, 0) is 0 Å². The van der Waals surface area contributed by atoms with Gasteiger partial charge in [0.25, 0.3) is 5.91 Å². The number of aromatic amines is 1. The predicted octanol–water partition coefficient (Wildman–Crippen LogP) is 3.57. The fourth-order valence-electron chi connectivity index (χ4n) is 3.41. The molecule has 2 aromatic carbocycles. The zero-order valence-corrected chi connectivity index (χ0v) is 16.5. The number of amides is 3. The Morgan fingerprint density at radius 2 is 1.72 bits per heavy atom. The molecular formula is C21H21N5O2S. The van der Waals surface area contributed by atoms with E-state index in [1.807, 2.05) is 60.7 Å². The summed E-state index contributed by atoms with van der Waals surface area (Å²) in [7, 11) is 0. The van der Waals surface area contributed by atoms with Gasteiger partial charge in [-0.2, -0.15) is 0 Å². The molecule has 1 fully saturated rings. The number of urea groups is 1. The highest BCUT2D eigenvalue weighted by molar-refractivity contribution is 7.71. The van der Waals surface area contributed by atoms with Crippen LogP contribution in [0, 0.1) is 4.77 Å². The largest absolute Gasteiger partial charge is 0.346 e. The average Bonchev–Trinajstić information content (AvgIpc) is 3.36. The number of nitrogens with zero attached hydrogens (tertiary/aromatic N) is 2. The van der Waals surface area contributed by atoms with Crippen molar-refractivity contribution in [3.63, 3.8) is 0 Å². The lowest BCUT2D eigenvalue weighted by Crippen LogP contribution is -2.40. The van der Waals surface area contributed by atoms with Crippen LogP contribution in [-0.4, -0.2) is 45.5 Å². The number of likely N-dealkylation sites (tertiary alicyclic amines) is 1. The van der Waals surface area contributed by atoms with Gasteiger partial charge in [-0.05, 0) is 42.9 Å². The van der Waals surface area contributed by atoms with Crippen LogP contribution in [0.25, 0.3) is 5.69 Å². The third-order valence-corrected chi connectivity index (χ3v) is 5.16. The van der Waals surface area contributed by atoms with E-state index in [-0.39, 0.29) is 18.0 Å². The van der Waals surface area contributed by atoms with E-state index in [0.717, 1.165) is 11.4 Å². The lowest BCUT2D eigenvalue weighted by molar-refractivity contribution is 0.0931. The fraction of sp³-hybridized carbons (Fsp3) is 0.190. The minimum atomic E-state index is -0.225. The van der Waals surface area contributed by atoms with Gasteiger partial charge in [0.05, 0.1) is 0 Å². The summed E-state index contributed by atoms with van der Waals surface area (Å²) in [6.07, 6.45) is 2.31. The summed E-state index contributed by atoms with van der Waals surface area (Å²) in [5.41, 5.74) is 2.01. The number of H-pyrrole nitrogens is 1. The normalized spacial score (nSPS) is 15.9. The first-order valence-corrected chi connectivity index (χ1v) is 9.80. The molecule has 0 aliphatic carbocycles. The zero-order valence-electron chi connectivity index (χ0n) is 15.7. The second-order valence-electron chi connectivity index (χ2n) is 6.85. The van der Waals surface area contributed by atoms with Gasteiger partial charge in [0, 0.05) is 36.7 Å². The summed E-state index contributed by atoms with van der Waals surface area (Å²) < 4.78 is 2.16. The molecule has 3 aromatic rings. The second-order valence-corrected chi connectivity index (χ2v) is 7.24. The Balaban J connectivity index is 1.40. The number of hydrogen-bond donors (Lipinski definition) is 3. The fourth-order valence-corrected chi connectivity index (χ4v) is 3.68. The van der Waals surface area contributed by atoms with Gasteiger partial charge in [0.1, 0.15) is 5.69 Å². The minimum absolute atomic E-state index is 0.114. The SMILES string of the molecule is O=C(NC1CCN(C(=O)Nc2ccccc2)C1)c1c[nH]c(=S)n1-c1ccccc1. The Morgan fingerprint density at radius 1 is 1.03 bits per heavy atom. The maximum Gasteiger partial charge on any atom is 0.321 e. The molecule has 3 N–H and O–H groups in total. The first-order chi connectivity index (χ1) is 14.1. The van der Waals surface area contributed by atoms with Gasteiger partial charge in [0.2, 0.25) is 0 Å². The number of imidazole rings is 1. The third kappa shape index (κ3) is 4.22. The highest BCUT2D eigenvalue weighted by Gasteiger charge is 2.28. The number of para-hydroxylation sites is 2. The van der Waals surface area contributed by atoms with Crippen LogP contribution >= 0.6 is 12.2 Å². The van der Waals surface area contributed by atoms with Gasteiger partial charge in [-0.25, -0.2) is 4.79 Å². The molecule has 1 aliphatic rings. The van der Waals surface area contributed by atoms with Gasteiger partial charge in [0.15, 0.2) is 4.77 Å². The predicted molar refractivity (Wildman–Crippen MR) is 114 cm³/mol. The minimum Gasteiger partial charge on any atom is -0.346 e. The van der Waals surface area contributed by atoms with Crippen molar-refractivity contribution in [3.8, 4) is 5.69 Å². The number of rotatable bonds is 4.